The number of esters is 6. The molecule has 0 aliphatic carbocycles. The predicted octanol–water partition coefficient (Wildman–Crippen LogP) is 0.0902. The van der Waals surface area contributed by atoms with Crippen LogP contribution in [0.3, 0.4) is 0 Å². The van der Waals surface area contributed by atoms with Crippen LogP contribution in [-0.4, -0.2) is 75.0 Å². The van der Waals surface area contributed by atoms with Crippen LogP contribution in [0.2, 0.25) is 0 Å². The van der Waals surface area contributed by atoms with Crippen LogP contribution in [0, 0.1) is 0 Å². The van der Waals surface area contributed by atoms with Gasteiger partial charge in [0.25, 0.3) is 0 Å². The van der Waals surface area contributed by atoms with E-state index in [0.717, 1.165) is 0 Å². The van der Waals surface area contributed by atoms with E-state index < -0.39 is 35.8 Å². The maximum Gasteiger partial charge on any atom is 0.417 e. The molecule has 12 heteroatoms. The summed E-state index contributed by atoms with van der Waals surface area (Å²) >= 11 is 0. The highest BCUT2D eigenvalue weighted by molar-refractivity contribution is 6.30. The lowest BCUT2D eigenvalue weighted by atomic mass is 10.3. The van der Waals surface area contributed by atoms with E-state index in [1.807, 2.05) is 34.6 Å². The van der Waals surface area contributed by atoms with Crippen molar-refractivity contribution in [3.05, 3.63) is 0 Å². The molecule has 3 heterocycles. The van der Waals surface area contributed by atoms with Crippen molar-refractivity contribution >= 4 is 35.8 Å². The summed E-state index contributed by atoms with van der Waals surface area (Å²) in [6.45, 7) is 10.8. The van der Waals surface area contributed by atoms with Crippen molar-refractivity contribution in [1.82, 2.24) is 0 Å². The molecule has 0 amide bonds. The molecular weight excluding hydrogens is 408 g/mol. The minimum absolute atomic E-state index is 0.185. The van der Waals surface area contributed by atoms with E-state index in [4.69, 9.17) is 0 Å². The van der Waals surface area contributed by atoms with Gasteiger partial charge in [0.15, 0.2) is 0 Å². The molecule has 30 heavy (non-hydrogen) atoms. The Morgan fingerprint density at radius 1 is 0.567 bits per heavy atom. The highest BCUT2D eigenvalue weighted by atomic mass is 16.6. The Bertz CT molecular complexity index is 520. The number of carbonyl (C=O) groups is 6. The fourth-order valence-corrected chi connectivity index (χ4v) is 1.44. The first-order valence-corrected chi connectivity index (χ1v) is 9.40. The van der Waals surface area contributed by atoms with Gasteiger partial charge in [-0.3, -0.25) is 0 Å². The van der Waals surface area contributed by atoms with E-state index in [2.05, 4.69) is 28.4 Å². The van der Waals surface area contributed by atoms with Gasteiger partial charge in [-0.05, 0) is 6.42 Å². The largest absolute Gasteiger partial charge is 0.454 e. The highest BCUT2D eigenvalue weighted by Gasteiger charge is 2.28. The number of hydrogen-bond donors (Lipinski definition) is 0. The lowest BCUT2D eigenvalue weighted by Crippen LogP contribution is -2.36. The van der Waals surface area contributed by atoms with Crippen molar-refractivity contribution in [3.8, 4) is 0 Å². The van der Waals surface area contributed by atoms with E-state index in [-0.39, 0.29) is 39.1 Å². The molecule has 0 bridgehead atoms. The van der Waals surface area contributed by atoms with Gasteiger partial charge in [0.2, 0.25) is 0 Å². The molecule has 3 rings (SSSR count). The van der Waals surface area contributed by atoms with E-state index in [1.54, 1.807) is 0 Å². The number of ether oxygens (including phenoxy) is 6. The molecule has 1 atom stereocenters. The van der Waals surface area contributed by atoms with Gasteiger partial charge in [0.05, 0.1) is 0 Å². The molecule has 3 aliphatic heterocycles. The van der Waals surface area contributed by atoms with Crippen LogP contribution < -0.4 is 0 Å². The summed E-state index contributed by atoms with van der Waals surface area (Å²) in [7, 11) is 0. The monoisotopic (exact) mass is 436 g/mol. The Morgan fingerprint density at radius 2 is 0.867 bits per heavy atom. The van der Waals surface area contributed by atoms with Crippen molar-refractivity contribution in [2.45, 2.75) is 47.1 Å². The zero-order valence-electron chi connectivity index (χ0n) is 17.7. The molecule has 3 aliphatic rings. The fraction of sp³-hybridized carbons (Fsp3) is 0.667. The summed E-state index contributed by atoms with van der Waals surface area (Å²) in [6.07, 6.45) is 0.434. The molecule has 0 radical (unpaired) electrons. The van der Waals surface area contributed by atoms with Gasteiger partial charge in [0, 0.05) is 0 Å². The van der Waals surface area contributed by atoms with Crippen LogP contribution in [0.4, 0.5) is 0 Å². The van der Waals surface area contributed by atoms with Crippen molar-refractivity contribution in [1.29, 1.82) is 0 Å². The molecular formula is C18H28O12. The van der Waals surface area contributed by atoms with Crippen LogP contribution >= 0.6 is 0 Å². The number of cyclic esters (lactones) is 6. The Labute approximate surface area is 174 Å². The summed E-state index contributed by atoms with van der Waals surface area (Å²) in [6, 6.07) is 0. The predicted molar refractivity (Wildman–Crippen MR) is 97.7 cm³/mol. The van der Waals surface area contributed by atoms with Crippen LogP contribution in [-0.2, 0) is 57.2 Å². The number of hydrogen-bond acceptors (Lipinski definition) is 12. The quantitative estimate of drug-likeness (QED) is 0.310. The van der Waals surface area contributed by atoms with Crippen molar-refractivity contribution in [2.75, 3.05) is 33.0 Å². The summed E-state index contributed by atoms with van der Waals surface area (Å²) in [4.78, 5) is 61.2. The molecule has 172 valence electrons. The van der Waals surface area contributed by atoms with Crippen LogP contribution in [0.15, 0.2) is 0 Å². The van der Waals surface area contributed by atoms with Crippen LogP contribution in [0.5, 0.6) is 0 Å². The first-order chi connectivity index (χ1) is 14.3. The van der Waals surface area contributed by atoms with E-state index >= 15 is 0 Å². The van der Waals surface area contributed by atoms with E-state index in [0.29, 0.717) is 6.42 Å². The van der Waals surface area contributed by atoms with Gasteiger partial charge >= 0.3 is 35.8 Å². The fourth-order valence-electron chi connectivity index (χ4n) is 1.44. The lowest BCUT2D eigenvalue weighted by molar-refractivity contribution is -0.184. The van der Waals surface area contributed by atoms with Gasteiger partial charge in [-0.1, -0.05) is 34.6 Å². The first kappa shape index (κ1) is 29.0. The zero-order chi connectivity index (χ0) is 23.5. The molecule has 0 N–H and O–H groups in total. The minimum atomic E-state index is -0.892. The average molecular weight is 436 g/mol. The molecule has 3 saturated heterocycles. The third-order valence-electron chi connectivity index (χ3n) is 2.73. The van der Waals surface area contributed by atoms with Crippen molar-refractivity contribution in [3.63, 3.8) is 0 Å². The Hall–Kier alpha value is -3.18. The molecule has 0 aromatic heterocycles. The third kappa shape index (κ3) is 12.3. The highest BCUT2D eigenvalue weighted by Crippen LogP contribution is 2.05. The standard InChI is InChI=1S/C6H8O4.2C4H4O4.2C2H6/c1-2-4-3-9-5(7)6(8)10-4;2*5-3-4(6)8-2-1-7-3;2*1-2/h4H,2-3H2,1H3;2*1-2H2;2*1-2H3/t4-;;;;/m0..../s1. The normalized spacial score (nSPS) is 19.3. The summed E-state index contributed by atoms with van der Waals surface area (Å²) in [5.74, 6) is -5.33. The molecule has 0 spiro atoms. The molecule has 0 unspecified atom stereocenters. The van der Waals surface area contributed by atoms with Gasteiger partial charge in [0.1, 0.15) is 39.1 Å². The van der Waals surface area contributed by atoms with E-state index in [1.165, 1.54) is 0 Å². The van der Waals surface area contributed by atoms with Crippen LogP contribution in [0.1, 0.15) is 41.0 Å². The number of carbonyl (C=O) groups excluding carboxylic acids is 6. The molecule has 12 nitrogen and oxygen atoms in total. The molecule has 0 aromatic rings. The smallest absolute Gasteiger partial charge is 0.417 e. The zero-order valence-corrected chi connectivity index (χ0v) is 17.7. The maximum absolute atomic E-state index is 10.5. The first-order valence-electron chi connectivity index (χ1n) is 9.40. The Morgan fingerprint density at radius 3 is 1.10 bits per heavy atom. The minimum Gasteiger partial charge on any atom is -0.454 e. The molecule has 3 fully saturated rings. The number of rotatable bonds is 1. The van der Waals surface area contributed by atoms with Gasteiger partial charge in [-0.25, -0.2) is 28.8 Å². The summed E-state index contributed by atoms with van der Waals surface area (Å²) < 4.78 is 26.2. The maximum atomic E-state index is 10.5. The van der Waals surface area contributed by atoms with Gasteiger partial charge in [-0.15, -0.1) is 0 Å². The molecule has 0 aromatic carbocycles. The Balaban J connectivity index is 0. The SMILES string of the molecule is CC.CC.CC[C@H]1COC(=O)C(=O)O1.O=C1OCCOC1=O.O=C1OCCOC1=O. The van der Waals surface area contributed by atoms with Gasteiger partial charge < -0.3 is 28.4 Å². The second kappa shape index (κ2) is 17.9. The lowest BCUT2D eigenvalue weighted by Gasteiger charge is -2.19. The van der Waals surface area contributed by atoms with Crippen LogP contribution in [0.25, 0.3) is 0 Å². The topological polar surface area (TPSA) is 158 Å². The second-order valence-corrected chi connectivity index (χ2v) is 4.58. The Kier molecular flexibility index (Phi) is 17.3. The van der Waals surface area contributed by atoms with Crippen molar-refractivity contribution < 1.29 is 57.2 Å². The third-order valence-corrected chi connectivity index (χ3v) is 2.73. The summed E-state index contributed by atoms with van der Waals surface area (Å²) in [5, 5.41) is 0. The molecule has 0 saturated carbocycles. The second-order valence-electron chi connectivity index (χ2n) is 4.58. The van der Waals surface area contributed by atoms with Gasteiger partial charge in [-0.2, -0.15) is 0 Å². The van der Waals surface area contributed by atoms with E-state index in [9.17, 15) is 28.8 Å². The summed E-state index contributed by atoms with van der Waals surface area (Å²) in [5.41, 5.74) is 0. The average Bonchev–Trinajstić information content (AvgIpc) is 2.78. The van der Waals surface area contributed by atoms with Crippen molar-refractivity contribution in [2.24, 2.45) is 0 Å².